The van der Waals surface area contributed by atoms with Crippen LogP contribution in [0, 0.1) is 0 Å². The lowest BCUT2D eigenvalue weighted by atomic mass is 9.81. The van der Waals surface area contributed by atoms with Crippen LogP contribution in [0.25, 0.3) is 11.0 Å². The minimum atomic E-state index is -1.39. The number of H-pyrrole nitrogens is 1. The van der Waals surface area contributed by atoms with Crippen molar-refractivity contribution in [3.8, 4) is 0 Å². The van der Waals surface area contributed by atoms with E-state index in [0.717, 1.165) is 5.56 Å². The number of hydrogen-bond donors (Lipinski definition) is 4. The van der Waals surface area contributed by atoms with Crippen molar-refractivity contribution in [2.75, 3.05) is 0 Å². The number of nitrogens with one attached hydrogen (secondary N) is 3. The van der Waals surface area contributed by atoms with Crippen LogP contribution in [0.3, 0.4) is 0 Å². The second-order valence-corrected chi connectivity index (χ2v) is 8.94. The third-order valence-corrected chi connectivity index (χ3v) is 5.63. The first-order valence-electron chi connectivity index (χ1n) is 10.4. The van der Waals surface area contributed by atoms with Crippen molar-refractivity contribution in [3.63, 3.8) is 0 Å². The van der Waals surface area contributed by atoms with Crippen LogP contribution in [-0.2, 0) is 5.41 Å². The number of fused-ring (bicyclic) bond motifs is 1. The molecule has 0 radical (unpaired) electrons. The number of ketones is 1. The van der Waals surface area contributed by atoms with Gasteiger partial charge in [0.15, 0.2) is 5.78 Å². The summed E-state index contributed by atoms with van der Waals surface area (Å²) in [6, 6.07) is 11.8. The molecular formula is C24H26N6O2. The van der Waals surface area contributed by atoms with E-state index < -0.39 is 11.6 Å². The molecule has 32 heavy (non-hydrogen) atoms. The van der Waals surface area contributed by atoms with Crippen molar-refractivity contribution in [2.45, 2.75) is 37.8 Å². The highest BCUT2D eigenvalue weighted by molar-refractivity contribution is 6.07. The molecule has 1 aliphatic rings. The zero-order valence-electron chi connectivity index (χ0n) is 18.2. The smallest absolute Gasteiger partial charge is 0.265 e. The fraction of sp³-hybridized carbons (Fsp3) is 0.250. The molecule has 5 N–H and O–H groups in total. The molecule has 2 unspecified atom stereocenters. The van der Waals surface area contributed by atoms with E-state index in [-0.39, 0.29) is 17.1 Å². The topological polar surface area (TPSA) is 126 Å². The van der Waals surface area contributed by atoms with Gasteiger partial charge < -0.3 is 5.73 Å². The summed E-state index contributed by atoms with van der Waals surface area (Å²) in [6.45, 7) is 6.35. The van der Waals surface area contributed by atoms with Gasteiger partial charge in [-0.25, -0.2) is 5.43 Å². The Labute approximate surface area is 185 Å². The molecule has 2 aromatic carbocycles. The maximum atomic E-state index is 13.3. The summed E-state index contributed by atoms with van der Waals surface area (Å²) in [6.07, 6.45) is 6.87. The van der Waals surface area contributed by atoms with E-state index in [4.69, 9.17) is 5.73 Å². The molecule has 0 spiro atoms. The number of allylic oxidation sites excluding steroid dienone is 2. The van der Waals surface area contributed by atoms with Crippen molar-refractivity contribution in [3.05, 3.63) is 83.5 Å². The highest BCUT2D eigenvalue weighted by Gasteiger charge is 2.40. The lowest BCUT2D eigenvalue weighted by Gasteiger charge is -2.34. The molecule has 3 aromatic rings. The number of amides is 1. The van der Waals surface area contributed by atoms with E-state index in [9.17, 15) is 9.59 Å². The summed E-state index contributed by atoms with van der Waals surface area (Å²) in [5.74, 6) is -0.614. The van der Waals surface area contributed by atoms with Crippen molar-refractivity contribution < 1.29 is 9.59 Å². The van der Waals surface area contributed by atoms with Crippen molar-refractivity contribution in [1.82, 2.24) is 26.3 Å². The molecule has 1 amide bonds. The molecule has 1 aliphatic carbocycles. The molecule has 0 saturated heterocycles. The molecule has 0 saturated carbocycles. The summed E-state index contributed by atoms with van der Waals surface area (Å²) < 4.78 is 0. The quantitative estimate of drug-likeness (QED) is 0.364. The number of hydrazine groups is 1. The standard InChI is InChI=1S/C24H26N6O2/c1-23(2,3)17-10-7-15(8-11-17)22(32)29-28-20-6-4-5-13-24(20,25)21(31)16-9-12-18-19(14-16)27-30-26-18/h4-14,20,28H,25H2,1-3H3,(H,29,32)(H,26,27,30). The normalized spacial score (nSPS) is 20.4. The summed E-state index contributed by atoms with van der Waals surface area (Å²) in [5, 5.41) is 10.6. The Hall–Kier alpha value is -3.62. The summed E-state index contributed by atoms with van der Waals surface area (Å²) >= 11 is 0. The van der Waals surface area contributed by atoms with Gasteiger partial charge in [0.1, 0.15) is 16.6 Å². The SMILES string of the molecule is CC(C)(C)c1ccc(C(=O)NNC2C=CC=CC2(N)C(=O)c2ccc3n[nH]nc3c2)cc1. The van der Waals surface area contributed by atoms with Gasteiger partial charge in [0.25, 0.3) is 5.91 Å². The van der Waals surface area contributed by atoms with Gasteiger partial charge in [-0.15, -0.1) is 0 Å². The summed E-state index contributed by atoms with van der Waals surface area (Å²) in [4.78, 5) is 26.0. The second kappa shape index (κ2) is 8.14. The number of hydrogen-bond acceptors (Lipinski definition) is 6. The summed E-state index contributed by atoms with van der Waals surface area (Å²) in [5.41, 5.74) is 14.0. The lowest BCUT2D eigenvalue weighted by molar-refractivity contribution is 0.0862. The fourth-order valence-corrected chi connectivity index (χ4v) is 3.61. The number of carbonyl (C=O) groups is 2. The molecule has 2 atom stereocenters. The number of rotatable bonds is 5. The number of Topliss-reactive ketones (excluding diaryl/α,β-unsaturated/α-hetero) is 1. The van der Waals surface area contributed by atoms with Gasteiger partial charge in [-0.1, -0.05) is 57.2 Å². The first kappa shape index (κ1) is 21.6. The van der Waals surface area contributed by atoms with Crippen molar-refractivity contribution >= 4 is 22.7 Å². The second-order valence-electron chi connectivity index (χ2n) is 8.94. The number of aromatic amines is 1. The molecule has 0 bridgehead atoms. The van der Waals surface area contributed by atoms with Crippen LogP contribution < -0.4 is 16.6 Å². The molecule has 4 rings (SSSR count). The lowest BCUT2D eigenvalue weighted by Crippen LogP contribution is -2.64. The average Bonchev–Trinajstić information content (AvgIpc) is 3.25. The zero-order chi connectivity index (χ0) is 22.9. The third kappa shape index (κ3) is 4.10. The highest BCUT2D eigenvalue weighted by atomic mass is 16.2. The van der Waals surface area contributed by atoms with E-state index in [0.29, 0.717) is 22.2 Å². The largest absolute Gasteiger partial charge is 0.314 e. The van der Waals surface area contributed by atoms with E-state index in [1.165, 1.54) is 0 Å². The van der Waals surface area contributed by atoms with E-state index in [2.05, 4.69) is 47.0 Å². The Morgan fingerprint density at radius 3 is 2.41 bits per heavy atom. The number of carbonyl (C=O) groups excluding carboxylic acids is 2. The van der Waals surface area contributed by atoms with Crippen LogP contribution in [0.15, 0.2) is 66.8 Å². The maximum absolute atomic E-state index is 13.3. The van der Waals surface area contributed by atoms with Gasteiger partial charge in [0.2, 0.25) is 0 Å². The van der Waals surface area contributed by atoms with Crippen LogP contribution in [0.4, 0.5) is 0 Å². The first-order chi connectivity index (χ1) is 15.2. The Bertz CT molecular complexity index is 1220. The zero-order valence-corrected chi connectivity index (χ0v) is 18.2. The average molecular weight is 431 g/mol. The predicted molar refractivity (Wildman–Crippen MR) is 123 cm³/mol. The van der Waals surface area contributed by atoms with Crippen LogP contribution >= 0.6 is 0 Å². The molecule has 1 aromatic heterocycles. The van der Waals surface area contributed by atoms with Crippen molar-refractivity contribution in [2.24, 2.45) is 5.73 Å². The van der Waals surface area contributed by atoms with Gasteiger partial charge in [-0.3, -0.25) is 15.0 Å². The Morgan fingerprint density at radius 1 is 1.00 bits per heavy atom. The minimum absolute atomic E-state index is 0.000982. The molecule has 0 aliphatic heterocycles. The van der Waals surface area contributed by atoms with Gasteiger partial charge in [0.05, 0.1) is 6.04 Å². The monoisotopic (exact) mass is 430 g/mol. The molecule has 164 valence electrons. The van der Waals surface area contributed by atoms with Gasteiger partial charge in [0, 0.05) is 11.1 Å². The van der Waals surface area contributed by atoms with Gasteiger partial charge >= 0.3 is 0 Å². The van der Waals surface area contributed by atoms with Gasteiger partial charge in [-0.2, -0.15) is 15.4 Å². The highest BCUT2D eigenvalue weighted by Crippen LogP contribution is 2.24. The molecule has 8 nitrogen and oxygen atoms in total. The van der Waals surface area contributed by atoms with Crippen molar-refractivity contribution in [1.29, 1.82) is 0 Å². The first-order valence-corrected chi connectivity index (χ1v) is 10.4. The van der Waals surface area contributed by atoms with Crippen LogP contribution in [0.1, 0.15) is 47.1 Å². The number of aromatic nitrogens is 3. The maximum Gasteiger partial charge on any atom is 0.265 e. The summed E-state index contributed by atoms with van der Waals surface area (Å²) in [7, 11) is 0. The molecule has 0 fully saturated rings. The predicted octanol–water partition coefficient (Wildman–Crippen LogP) is 2.56. The molecule has 8 heteroatoms. The number of nitrogens with two attached hydrogens (primary N) is 1. The van der Waals surface area contributed by atoms with E-state index >= 15 is 0 Å². The Balaban J connectivity index is 1.49. The fourth-order valence-electron chi connectivity index (χ4n) is 3.61. The minimum Gasteiger partial charge on any atom is -0.314 e. The number of benzene rings is 2. The Morgan fingerprint density at radius 2 is 1.69 bits per heavy atom. The molecular weight excluding hydrogens is 404 g/mol. The molecule has 1 heterocycles. The van der Waals surface area contributed by atoms with Crippen LogP contribution in [0.5, 0.6) is 0 Å². The van der Waals surface area contributed by atoms with E-state index in [1.54, 1.807) is 54.6 Å². The van der Waals surface area contributed by atoms with Gasteiger partial charge in [-0.05, 0) is 41.3 Å². The Kier molecular flexibility index (Phi) is 5.50. The van der Waals surface area contributed by atoms with Crippen LogP contribution in [-0.4, -0.2) is 38.7 Å². The van der Waals surface area contributed by atoms with Crippen LogP contribution in [0.2, 0.25) is 0 Å². The van der Waals surface area contributed by atoms with E-state index in [1.807, 2.05) is 12.1 Å². The third-order valence-electron chi connectivity index (χ3n) is 5.63. The number of nitrogens with zero attached hydrogens (tertiary/aromatic N) is 2.